The first-order valence-electron chi connectivity index (χ1n) is 14.2. The highest BCUT2D eigenvalue weighted by Gasteiger charge is 2.36. The summed E-state index contributed by atoms with van der Waals surface area (Å²) in [5.74, 6) is 0.260. The van der Waals surface area contributed by atoms with Gasteiger partial charge in [-0.05, 0) is 52.6 Å². The summed E-state index contributed by atoms with van der Waals surface area (Å²) >= 11 is 0. The molecule has 6 heteroatoms. The molecule has 1 amide bonds. The van der Waals surface area contributed by atoms with Crippen LogP contribution in [0.5, 0.6) is 5.75 Å². The van der Waals surface area contributed by atoms with Crippen molar-refractivity contribution in [1.29, 1.82) is 0 Å². The molecule has 0 unspecified atom stereocenters. The van der Waals surface area contributed by atoms with Gasteiger partial charge in [-0.25, -0.2) is 0 Å². The number of phenols is 1. The SMILES string of the molecule is CC(C)(C)CC(C)(C)c1cc(-n2n3c4ccc(NC(=O)C(C)(C)C)cc4n23)c(O)c(C(C)(C)c2ccccc2)c1. The third kappa shape index (κ3) is 4.78. The van der Waals surface area contributed by atoms with E-state index in [4.69, 9.17) is 0 Å². The predicted molar refractivity (Wildman–Crippen MR) is 164 cm³/mol. The molecule has 0 aliphatic carbocycles. The summed E-state index contributed by atoms with van der Waals surface area (Å²) < 4.78 is 4.09. The number of phenolic OH excluding ortho intramolecular Hbond substituents is 1. The van der Waals surface area contributed by atoms with Gasteiger partial charge in [-0.1, -0.05) is 106 Å². The van der Waals surface area contributed by atoms with Gasteiger partial charge in [0.1, 0.15) is 22.5 Å². The summed E-state index contributed by atoms with van der Waals surface area (Å²) in [6, 6.07) is 20.7. The van der Waals surface area contributed by atoms with Crippen molar-refractivity contribution in [2.24, 2.45) is 10.8 Å². The molecule has 0 saturated carbocycles. The number of nitrogens with zero attached hydrogens (tertiary/aromatic N) is 3. The Hall–Kier alpha value is -3.67. The molecule has 2 aromatic heterocycles. The summed E-state index contributed by atoms with van der Waals surface area (Å²) in [6.45, 7) is 21.5. The molecule has 3 aromatic carbocycles. The average molecular weight is 541 g/mol. The summed E-state index contributed by atoms with van der Waals surface area (Å²) in [6.07, 6.45) is 1.000. The Labute approximate surface area is 237 Å². The van der Waals surface area contributed by atoms with E-state index >= 15 is 0 Å². The van der Waals surface area contributed by atoms with E-state index < -0.39 is 10.8 Å². The molecule has 0 spiro atoms. The van der Waals surface area contributed by atoms with Crippen molar-refractivity contribution >= 4 is 22.6 Å². The number of aromatic hydroxyl groups is 1. The lowest BCUT2D eigenvalue weighted by Crippen LogP contribution is -2.27. The smallest absolute Gasteiger partial charge is 0.229 e. The summed E-state index contributed by atoms with van der Waals surface area (Å²) in [5, 5.41) is 14.9. The number of aromatic nitrogens is 3. The van der Waals surface area contributed by atoms with Crippen LogP contribution >= 0.6 is 0 Å². The van der Waals surface area contributed by atoms with Gasteiger partial charge in [0, 0.05) is 22.1 Å². The largest absolute Gasteiger partial charge is 0.505 e. The minimum absolute atomic E-state index is 0.0227. The van der Waals surface area contributed by atoms with E-state index in [2.05, 4.69) is 94.8 Å². The number of fused-ring (bicyclic) bond motifs is 4. The molecule has 0 fully saturated rings. The number of nitrogens with one attached hydrogen (secondary N) is 1. The van der Waals surface area contributed by atoms with Gasteiger partial charge in [-0.15, -0.1) is 14.1 Å². The second kappa shape index (κ2) is 8.92. The number of carbonyl (C=O) groups is 1. The molecule has 0 bridgehead atoms. The molecule has 0 saturated heterocycles. The number of rotatable bonds is 6. The fraction of sp³-hybridized carbons (Fsp3) is 0.441. The van der Waals surface area contributed by atoms with Gasteiger partial charge in [0.2, 0.25) is 5.91 Å². The first-order valence-corrected chi connectivity index (χ1v) is 14.2. The third-order valence-corrected chi connectivity index (χ3v) is 8.08. The lowest BCUT2D eigenvalue weighted by atomic mass is 9.70. The number of benzene rings is 3. The third-order valence-electron chi connectivity index (χ3n) is 8.08. The van der Waals surface area contributed by atoms with Gasteiger partial charge in [-0.2, -0.15) is 0 Å². The lowest BCUT2D eigenvalue weighted by Gasteiger charge is -2.35. The van der Waals surface area contributed by atoms with Crippen LogP contribution in [0.2, 0.25) is 0 Å². The van der Waals surface area contributed by atoms with E-state index in [0.717, 1.165) is 40.0 Å². The number of carbonyl (C=O) groups excluding carboxylic acids is 1. The Kier molecular flexibility index (Phi) is 6.22. The standard InChI is InChI=1S/C34H44N4O2/c1-31(2,3)21-33(7,8)23-18-25(34(9,10)22-14-12-11-13-15-22)29(39)28(19-23)38-36-26-17-16-24(20-27(26)37(36)38)35-30(40)32(4,5)6/h11-20,39H,21H2,1-10H3,(H,35,40). The molecule has 2 heterocycles. The van der Waals surface area contributed by atoms with Crippen LogP contribution < -0.4 is 5.32 Å². The summed E-state index contributed by atoms with van der Waals surface area (Å²) in [4.78, 5) is 14.6. The topological polar surface area (TPSA) is 63.1 Å². The van der Waals surface area contributed by atoms with Gasteiger partial charge in [0.25, 0.3) is 0 Å². The van der Waals surface area contributed by atoms with Crippen molar-refractivity contribution in [2.45, 2.75) is 86.5 Å². The van der Waals surface area contributed by atoms with Crippen LogP contribution in [0.4, 0.5) is 5.69 Å². The molecule has 0 atom stereocenters. The van der Waals surface area contributed by atoms with Crippen LogP contribution in [-0.2, 0) is 15.6 Å². The zero-order valence-corrected chi connectivity index (χ0v) is 25.7. The van der Waals surface area contributed by atoms with Gasteiger partial charge in [0.15, 0.2) is 0 Å². The van der Waals surface area contributed by atoms with Crippen molar-refractivity contribution in [3.8, 4) is 11.4 Å². The van der Waals surface area contributed by atoms with E-state index in [1.807, 2.05) is 54.5 Å². The zero-order valence-electron chi connectivity index (χ0n) is 25.7. The molecule has 40 heavy (non-hydrogen) atoms. The Morgan fingerprint density at radius 2 is 1.40 bits per heavy atom. The fourth-order valence-corrected chi connectivity index (χ4v) is 6.02. The van der Waals surface area contributed by atoms with Crippen molar-refractivity contribution < 1.29 is 9.90 Å². The molecule has 5 rings (SSSR count). The molecule has 212 valence electrons. The number of hydrogen-bond acceptors (Lipinski definition) is 2. The second-order valence-electron chi connectivity index (χ2n) is 14.8. The molecule has 2 N–H and O–H groups in total. The molecular weight excluding hydrogens is 496 g/mol. The second-order valence-corrected chi connectivity index (χ2v) is 14.8. The fourth-order valence-electron chi connectivity index (χ4n) is 6.02. The van der Waals surface area contributed by atoms with Crippen LogP contribution in [-0.4, -0.2) is 25.1 Å². The van der Waals surface area contributed by atoms with Crippen molar-refractivity contribution in [3.05, 3.63) is 77.4 Å². The molecule has 0 radical (unpaired) electrons. The highest BCUT2D eigenvalue weighted by molar-refractivity contribution is 5.96. The number of anilines is 1. The molecule has 5 aromatic rings. The normalized spacial score (nSPS) is 13.6. The molecule has 6 nitrogen and oxygen atoms in total. The Morgan fingerprint density at radius 3 is 2.00 bits per heavy atom. The summed E-state index contributed by atoms with van der Waals surface area (Å²) in [5.41, 5.74) is 5.96. The van der Waals surface area contributed by atoms with Crippen molar-refractivity contribution in [3.63, 3.8) is 0 Å². The maximum absolute atomic E-state index is 12.6. The van der Waals surface area contributed by atoms with E-state index in [9.17, 15) is 9.90 Å². The highest BCUT2D eigenvalue weighted by Crippen LogP contribution is 2.46. The van der Waals surface area contributed by atoms with Gasteiger partial charge >= 0.3 is 0 Å². The minimum Gasteiger partial charge on any atom is -0.505 e. The number of hydrogen-bond donors (Lipinski definition) is 2. The monoisotopic (exact) mass is 540 g/mol. The van der Waals surface area contributed by atoms with E-state index in [0.29, 0.717) is 0 Å². The van der Waals surface area contributed by atoms with Crippen LogP contribution in [0.1, 0.15) is 92.3 Å². The molecule has 0 aliphatic heterocycles. The van der Waals surface area contributed by atoms with Gasteiger partial charge in [0.05, 0.1) is 0 Å². The zero-order chi connectivity index (χ0) is 29.4. The predicted octanol–water partition coefficient (Wildman–Crippen LogP) is 8.15. The van der Waals surface area contributed by atoms with E-state index in [1.165, 1.54) is 5.56 Å². The first kappa shape index (κ1) is 27.9. The Balaban J connectivity index is 1.65. The van der Waals surface area contributed by atoms with Crippen LogP contribution in [0, 0.1) is 10.8 Å². The maximum Gasteiger partial charge on any atom is 0.229 e. The van der Waals surface area contributed by atoms with E-state index in [-0.39, 0.29) is 22.5 Å². The number of amides is 1. The maximum atomic E-state index is 12.6. The Morgan fingerprint density at radius 1 is 0.775 bits per heavy atom. The van der Waals surface area contributed by atoms with Crippen LogP contribution in [0.15, 0.2) is 60.7 Å². The van der Waals surface area contributed by atoms with E-state index in [1.54, 1.807) is 0 Å². The Bertz CT molecular complexity index is 1680. The lowest BCUT2D eigenvalue weighted by molar-refractivity contribution is -0.123. The summed E-state index contributed by atoms with van der Waals surface area (Å²) in [7, 11) is 0. The highest BCUT2D eigenvalue weighted by atomic mass is 16.3. The first-order chi connectivity index (χ1) is 18.4. The molecule has 0 aliphatic rings. The van der Waals surface area contributed by atoms with Crippen LogP contribution in [0.3, 0.4) is 0 Å². The van der Waals surface area contributed by atoms with Gasteiger partial charge in [-0.3, -0.25) is 4.79 Å². The van der Waals surface area contributed by atoms with Crippen molar-refractivity contribution in [1.82, 2.24) is 14.1 Å². The quantitative estimate of drug-likeness (QED) is 0.228. The molecular formula is C34H44N4O2. The average Bonchev–Trinajstić information content (AvgIpc) is 3.49. The van der Waals surface area contributed by atoms with Crippen molar-refractivity contribution in [2.75, 3.05) is 5.32 Å². The van der Waals surface area contributed by atoms with Crippen LogP contribution in [0.25, 0.3) is 16.7 Å². The minimum atomic E-state index is -0.477. The van der Waals surface area contributed by atoms with Gasteiger partial charge < -0.3 is 10.4 Å².